The van der Waals surface area contributed by atoms with Gasteiger partial charge >= 0.3 is 0 Å². The van der Waals surface area contributed by atoms with Crippen LogP contribution in [-0.2, 0) is 0 Å². The fourth-order valence-corrected chi connectivity index (χ4v) is 4.25. The van der Waals surface area contributed by atoms with Crippen molar-refractivity contribution in [3.8, 4) is 11.3 Å². The lowest BCUT2D eigenvalue weighted by molar-refractivity contribution is 0.0874. The number of hydrogen-bond acceptors (Lipinski definition) is 5. The number of carbonyl (C=O) groups is 1. The third kappa shape index (κ3) is 4.12. The lowest BCUT2D eigenvalue weighted by atomic mass is 10.2. The van der Waals surface area contributed by atoms with E-state index in [-0.39, 0.29) is 24.0 Å². The molecule has 1 aliphatic heterocycles. The van der Waals surface area contributed by atoms with Gasteiger partial charge in [0.05, 0.1) is 17.8 Å². The first-order valence-electron chi connectivity index (χ1n) is 8.49. The van der Waals surface area contributed by atoms with Gasteiger partial charge in [0.2, 0.25) is 0 Å². The summed E-state index contributed by atoms with van der Waals surface area (Å²) >= 11 is 8.09. The highest BCUT2D eigenvalue weighted by atomic mass is 79.9. The number of amides is 1. The van der Waals surface area contributed by atoms with Gasteiger partial charge in [-0.05, 0) is 36.4 Å². The summed E-state index contributed by atoms with van der Waals surface area (Å²) in [5.41, 5.74) is 5.16. The number of hydrogen-bond donors (Lipinski definition) is 3. The van der Waals surface area contributed by atoms with Crippen LogP contribution < -0.4 is 5.43 Å². The number of rotatable bonds is 4. The van der Waals surface area contributed by atoms with E-state index in [2.05, 4.69) is 42.3 Å². The number of benzene rings is 2. The molecule has 0 saturated heterocycles. The number of aliphatic hydroxyl groups is 1. The van der Waals surface area contributed by atoms with Crippen LogP contribution in [0.4, 0.5) is 0 Å². The molecule has 0 bridgehead atoms. The van der Waals surface area contributed by atoms with Crippen molar-refractivity contribution in [3.63, 3.8) is 0 Å². The molecule has 0 unspecified atom stereocenters. The molecule has 1 aromatic heterocycles. The van der Waals surface area contributed by atoms with Crippen LogP contribution in [0.15, 0.2) is 68.6 Å². The van der Waals surface area contributed by atoms with Crippen molar-refractivity contribution >= 4 is 60.5 Å². The topological polar surface area (TPSA) is 89.3 Å². The van der Waals surface area contributed by atoms with Gasteiger partial charge in [-0.1, -0.05) is 44.0 Å². The lowest BCUT2D eigenvalue weighted by Crippen LogP contribution is -2.43. The zero-order chi connectivity index (χ0) is 20.5. The number of nitrogens with zero attached hydrogens (tertiary/aromatic N) is 2. The standard InChI is InChI=1S/C20H14Br2N4O2S/c21-13-5-1-11(2-6-13)15-10-29-20(24-15)17-16(27)9-26(18(17)23)25-19(28)12-3-7-14(22)8-4-12/h1-8,10,23,27H,9H2,(H,25,28). The van der Waals surface area contributed by atoms with E-state index >= 15 is 0 Å². The number of aliphatic hydroxyl groups excluding tert-OH is 1. The normalized spacial score (nSPS) is 13.9. The highest BCUT2D eigenvalue weighted by Crippen LogP contribution is 2.32. The average Bonchev–Trinajstić information content (AvgIpc) is 3.27. The summed E-state index contributed by atoms with van der Waals surface area (Å²) in [5.74, 6) is -0.349. The minimum atomic E-state index is -0.356. The zero-order valence-corrected chi connectivity index (χ0v) is 18.8. The fourth-order valence-electron chi connectivity index (χ4n) is 2.83. The first-order valence-corrected chi connectivity index (χ1v) is 11.0. The van der Waals surface area contributed by atoms with Crippen molar-refractivity contribution in [3.05, 3.63) is 79.2 Å². The van der Waals surface area contributed by atoms with E-state index in [1.54, 1.807) is 24.3 Å². The van der Waals surface area contributed by atoms with E-state index in [0.29, 0.717) is 16.1 Å². The molecule has 9 heteroatoms. The Morgan fingerprint density at radius 3 is 2.38 bits per heavy atom. The van der Waals surface area contributed by atoms with Crippen LogP contribution in [0.25, 0.3) is 16.8 Å². The Labute approximate surface area is 187 Å². The molecule has 0 fully saturated rings. The molecule has 146 valence electrons. The second-order valence-corrected chi connectivity index (χ2v) is 8.94. The molecule has 1 amide bonds. The van der Waals surface area contributed by atoms with Crippen LogP contribution >= 0.6 is 43.2 Å². The molecule has 0 aliphatic carbocycles. The Hall–Kier alpha value is -2.49. The van der Waals surface area contributed by atoms with Crippen LogP contribution in [0.5, 0.6) is 0 Å². The Morgan fingerprint density at radius 1 is 1.10 bits per heavy atom. The highest BCUT2D eigenvalue weighted by Gasteiger charge is 2.31. The van der Waals surface area contributed by atoms with E-state index in [4.69, 9.17) is 5.41 Å². The number of amidine groups is 1. The first kappa shape index (κ1) is 19.8. The lowest BCUT2D eigenvalue weighted by Gasteiger charge is -2.19. The SMILES string of the molecule is N=C1C(c2nc(-c3ccc(Br)cc3)cs2)=C(O)CN1NC(=O)c1ccc(Br)cc1. The maximum absolute atomic E-state index is 12.4. The summed E-state index contributed by atoms with van der Waals surface area (Å²) in [6.45, 7) is 0.0175. The van der Waals surface area contributed by atoms with Gasteiger partial charge in [0.25, 0.3) is 5.91 Å². The van der Waals surface area contributed by atoms with E-state index in [1.165, 1.54) is 16.3 Å². The number of hydrazine groups is 1. The molecule has 3 N–H and O–H groups in total. The van der Waals surface area contributed by atoms with Crippen LogP contribution in [0.2, 0.25) is 0 Å². The molecule has 2 aromatic carbocycles. The van der Waals surface area contributed by atoms with Crippen molar-refractivity contribution in [1.29, 1.82) is 5.41 Å². The molecule has 0 radical (unpaired) electrons. The molecular weight excluding hydrogens is 520 g/mol. The fraction of sp³-hybridized carbons (Fsp3) is 0.0500. The van der Waals surface area contributed by atoms with Gasteiger partial charge in [-0.2, -0.15) is 0 Å². The summed E-state index contributed by atoms with van der Waals surface area (Å²) in [6.07, 6.45) is 0. The molecular formula is C20H14Br2N4O2S. The number of nitrogens with one attached hydrogen (secondary N) is 2. The summed E-state index contributed by atoms with van der Waals surface area (Å²) in [4.78, 5) is 17.0. The summed E-state index contributed by atoms with van der Waals surface area (Å²) < 4.78 is 1.85. The number of aromatic nitrogens is 1. The van der Waals surface area contributed by atoms with Gasteiger partial charge < -0.3 is 5.11 Å². The minimum Gasteiger partial charge on any atom is -0.509 e. The van der Waals surface area contributed by atoms with E-state index in [9.17, 15) is 9.90 Å². The van der Waals surface area contributed by atoms with Crippen molar-refractivity contribution in [2.24, 2.45) is 0 Å². The second kappa shape index (κ2) is 8.10. The van der Waals surface area contributed by atoms with Gasteiger partial charge in [0.15, 0.2) is 5.84 Å². The van der Waals surface area contributed by atoms with Crippen molar-refractivity contribution in [2.45, 2.75) is 0 Å². The van der Waals surface area contributed by atoms with Gasteiger partial charge in [0, 0.05) is 25.5 Å². The molecule has 1 aliphatic rings. The quantitative estimate of drug-likeness (QED) is 0.427. The molecule has 29 heavy (non-hydrogen) atoms. The first-order chi connectivity index (χ1) is 13.9. The summed E-state index contributed by atoms with van der Waals surface area (Å²) in [7, 11) is 0. The monoisotopic (exact) mass is 532 g/mol. The number of thiazole rings is 1. The van der Waals surface area contributed by atoms with Gasteiger partial charge in [-0.15, -0.1) is 11.3 Å². The van der Waals surface area contributed by atoms with Crippen LogP contribution in [-0.4, -0.2) is 33.4 Å². The average molecular weight is 534 g/mol. The largest absolute Gasteiger partial charge is 0.509 e. The van der Waals surface area contributed by atoms with Gasteiger partial charge in [0.1, 0.15) is 10.8 Å². The number of carbonyl (C=O) groups excluding carboxylic acids is 1. The van der Waals surface area contributed by atoms with Crippen molar-refractivity contribution < 1.29 is 9.90 Å². The van der Waals surface area contributed by atoms with Gasteiger partial charge in [-0.25, -0.2) is 4.98 Å². The smallest absolute Gasteiger partial charge is 0.269 e. The second-order valence-electron chi connectivity index (χ2n) is 6.25. The van der Waals surface area contributed by atoms with Crippen molar-refractivity contribution in [1.82, 2.24) is 15.4 Å². The predicted molar refractivity (Wildman–Crippen MR) is 121 cm³/mol. The Balaban J connectivity index is 1.51. The molecule has 3 aromatic rings. The molecule has 2 heterocycles. The maximum Gasteiger partial charge on any atom is 0.269 e. The third-order valence-electron chi connectivity index (χ3n) is 4.30. The van der Waals surface area contributed by atoms with E-state index < -0.39 is 0 Å². The highest BCUT2D eigenvalue weighted by molar-refractivity contribution is 9.10. The Morgan fingerprint density at radius 2 is 1.72 bits per heavy atom. The number of halogens is 2. The van der Waals surface area contributed by atoms with Crippen LogP contribution in [0.1, 0.15) is 15.4 Å². The van der Waals surface area contributed by atoms with Gasteiger partial charge in [-0.3, -0.25) is 20.6 Å². The molecule has 0 spiro atoms. The molecule has 6 nitrogen and oxygen atoms in total. The summed E-state index contributed by atoms with van der Waals surface area (Å²) in [5, 5.41) is 22.6. The maximum atomic E-state index is 12.4. The summed E-state index contributed by atoms with van der Waals surface area (Å²) in [6, 6.07) is 14.7. The van der Waals surface area contributed by atoms with Crippen molar-refractivity contribution in [2.75, 3.05) is 6.54 Å². The Bertz CT molecular complexity index is 1120. The minimum absolute atomic E-state index is 0.00260. The Kier molecular flexibility index (Phi) is 5.53. The van der Waals surface area contributed by atoms with Crippen LogP contribution in [0, 0.1) is 5.41 Å². The zero-order valence-electron chi connectivity index (χ0n) is 14.8. The van der Waals surface area contributed by atoms with E-state index in [0.717, 1.165) is 20.2 Å². The molecule has 0 saturated carbocycles. The van der Waals surface area contributed by atoms with Crippen LogP contribution in [0.3, 0.4) is 0 Å². The predicted octanol–water partition coefficient (Wildman–Crippen LogP) is 5.24. The molecule has 0 atom stereocenters. The van der Waals surface area contributed by atoms with E-state index in [1.807, 2.05) is 29.6 Å². The third-order valence-corrected chi connectivity index (χ3v) is 6.22. The molecule has 4 rings (SSSR count).